The second-order valence-corrected chi connectivity index (χ2v) is 7.39. The fourth-order valence-electron chi connectivity index (χ4n) is 3.15. The Kier molecular flexibility index (Phi) is 5.73. The minimum atomic E-state index is -1.35. The van der Waals surface area contributed by atoms with Crippen LogP contribution < -0.4 is 5.73 Å². The largest absolute Gasteiger partial charge is 0.616 e. The second-order valence-electron chi connectivity index (χ2n) is 5.81. The van der Waals surface area contributed by atoms with E-state index in [0.717, 1.165) is 0 Å². The number of fused-ring (bicyclic) bond motifs is 1. The topological polar surface area (TPSA) is 153 Å². The summed E-state index contributed by atoms with van der Waals surface area (Å²) >= 11 is -1.35. The summed E-state index contributed by atoms with van der Waals surface area (Å²) in [6.45, 7) is 1.54. The van der Waals surface area contributed by atoms with Gasteiger partial charge in [-0.15, -0.1) is 0 Å². The summed E-state index contributed by atoms with van der Waals surface area (Å²) in [5, 5.41) is 19.0. The number of rotatable bonds is 8. The molecule has 9 nitrogen and oxygen atoms in total. The summed E-state index contributed by atoms with van der Waals surface area (Å²) in [4.78, 5) is 35.1. The first-order valence-corrected chi connectivity index (χ1v) is 8.96. The summed E-state index contributed by atoms with van der Waals surface area (Å²) in [6.07, 6.45) is -1.12. The Morgan fingerprint density at radius 1 is 1.54 bits per heavy atom. The van der Waals surface area contributed by atoms with E-state index < -0.39 is 41.2 Å². The number of aliphatic carboxylic acids is 1. The predicted molar refractivity (Wildman–Crippen MR) is 83.1 cm³/mol. The van der Waals surface area contributed by atoms with Gasteiger partial charge in [0.2, 0.25) is 5.91 Å². The van der Waals surface area contributed by atoms with Gasteiger partial charge in [0.15, 0.2) is 0 Å². The maximum Gasteiger partial charge on any atom is 0.404 e. The summed E-state index contributed by atoms with van der Waals surface area (Å²) in [6, 6.07) is -0.381. The molecule has 0 bridgehead atoms. The summed E-state index contributed by atoms with van der Waals surface area (Å²) in [7, 11) is 0. The lowest BCUT2D eigenvalue weighted by atomic mass is 9.83. The SMILES string of the molecule is CC(O)C1C(=O)N2C(C(=O)O)=C(C[S+]([O-])CCCOC(N)=O)CC12. The van der Waals surface area contributed by atoms with Gasteiger partial charge in [0.05, 0.1) is 24.7 Å². The number of nitrogens with zero attached hydrogens (tertiary/aromatic N) is 1. The van der Waals surface area contributed by atoms with Gasteiger partial charge in [0.1, 0.15) is 17.2 Å². The van der Waals surface area contributed by atoms with Gasteiger partial charge in [-0.1, -0.05) is 0 Å². The molecule has 10 heteroatoms. The summed E-state index contributed by atoms with van der Waals surface area (Å²) < 4.78 is 16.6. The normalized spacial score (nSPS) is 25.1. The van der Waals surface area contributed by atoms with Gasteiger partial charge < -0.3 is 30.1 Å². The van der Waals surface area contributed by atoms with Crippen molar-refractivity contribution in [1.29, 1.82) is 0 Å². The number of carbonyl (C=O) groups is 3. The minimum absolute atomic E-state index is 0.0328. The number of primary amides is 1. The van der Waals surface area contributed by atoms with Crippen LogP contribution in [0, 0.1) is 5.92 Å². The van der Waals surface area contributed by atoms with Crippen molar-refractivity contribution < 1.29 is 33.9 Å². The molecule has 134 valence electrons. The van der Waals surface area contributed by atoms with Crippen molar-refractivity contribution in [3.05, 3.63) is 11.3 Å². The van der Waals surface area contributed by atoms with Crippen LogP contribution in [0.3, 0.4) is 0 Å². The van der Waals surface area contributed by atoms with E-state index in [2.05, 4.69) is 4.74 Å². The Balaban J connectivity index is 1.97. The van der Waals surface area contributed by atoms with E-state index in [1.54, 1.807) is 0 Å². The zero-order valence-corrected chi connectivity index (χ0v) is 14.0. The minimum Gasteiger partial charge on any atom is -0.616 e. The molecule has 0 saturated carbocycles. The van der Waals surface area contributed by atoms with Gasteiger partial charge in [-0.2, -0.15) is 0 Å². The molecule has 0 aromatic rings. The first-order valence-electron chi connectivity index (χ1n) is 7.47. The van der Waals surface area contributed by atoms with Crippen LogP contribution in [0.15, 0.2) is 11.3 Å². The number of nitrogens with two attached hydrogens (primary N) is 1. The van der Waals surface area contributed by atoms with Crippen LogP contribution in [-0.2, 0) is 25.5 Å². The van der Waals surface area contributed by atoms with E-state index in [0.29, 0.717) is 18.4 Å². The van der Waals surface area contributed by atoms with Crippen LogP contribution in [0.1, 0.15) is 19.8 Å². The molecule has 2 aliphatic rings. The third kappa shape index (κ3) is 3.65. The number of β-lactam (4-membered cyclic amide) rings is 1. The van der Waals surface area contributed by atoms with E-state index >= 15 is 0 Å². The molecule has 1 fully saturated rings. The quantitative estimate of drug-likeness (QED) is 0.290. The van der Waals surface area contributed by atoms with E-state index in [4.69, 9.17) is 5.73 Å². The van der Waals surface area contributed by atoms with E-state index in [1.165, 1.54) is 11.8 Å². The highest BCUT2D eigenvalue weighted by Crippen LogP contribution is 2.43. The molecule has 0 spiro atoms. The predicted octanol–water partition coefficient (Wildman–Crippen LogP) is -0.829. The van der Waals surface area contributed by atoms with Crippen LogP contribution in [-0.4, -0.2) is 67.9 Å². The Morgan fingerprint density at radius 3 is 2.75 bits per heavy atom. The lowest BCUT2D eigenvalue weighted by molar-refractivity contribution is -0.161. The van der Waals surface area contributed by atoms with Gasteiger partial charge in [0, 0.05) is 12.0 Å². The maximum absolute atomic E-state index is 12.1. The maximum atomic E-state index is 12.1. The molecule has 0 aliphatic carbocycles. The van der Waals surface area contributed by atoms with Gasteiger partial charge in [-0.3, -0.25) is 4.79 Å². The Hall–Kier alpha value is -1.78. The van der Waals surface area contributed by atoms with E-state index in [9.17, 15) is 29.1 Å². The molecule has 2 amide bonds. The standard InChI is InChI=1S/C14H20N2O7S/c1-7(17)10-9-5-8(11(13(19)20)16(9)12(10)18)6-24(22)4-2-3-23-14(15)21/h7,9-10,17H,2-6H2,1H3,(H2,15,21)(H,19,20). The summed E-state index contributed by atoms with van der Waals surface area (Å²) in [5.41, 5.74) is 5.13. The van der Waals surface area contributed by atoms with Crippen molar-refractivity contribution in [1.82, 2.24) is 4.90 Å². The fourth-order valence-corrected chi connectivity index (χ4v) is 4.38. The third-order valence-electron chi connectivity index (χ3n) is 4.12. The number of carboxylic acids is 1. The van der Waals surface area contributed by atoms with E-state index in [1.807, 2.05) is 0 Å². The van der Waals surface area contributed by atoms with Crippen molar-refractivity contribution in [3.8, 4) is 0 Å². The van der Waals surface area contributed by atoms with Gasteiger partial charge in [-0.05, 0) is 24.5 Å². The number of carbonyl (C=O) groups excluding carboxylic acids is 2. The molecule has 4 atom stereocenters. The molecule has 2 rings (SSSR count). The molecular formula is C14H20N2O7S. The number of aliphatic hydroxyl groups excluding tert-OH is 1. The average Bonchev–Trinajstić information content (AvgIpc) is 2.77. The molecule has 0 radical (unpaired) electrons. The highest BCUT2D eigenvalue weighted by Gasteiger charge is 2.57. The molecule has 0 aromatic carbocycles. The van der Waals surface area contributed by atoms with E-state index in [-0.39, 0.29) is 29.9 Å². The van der Waals surface area contributed by atoms with Crippen LogP contribution in [0.4, 0.5) is 4.79 Å². The number of ether oxygens (including phenoxy) is 1. The Labute approximate surface area is 141 Å². The Bertz CT molecular complexity index is 577. The van der Waals surface area contributed by atoms with Crippen molar-refractivity contribution in [2.75, 3.05) is 18.1 Å². The zero-order valence-electron chi connectivity index (χ0n) is 13.1. The van der Waals surface area contributed by atoms with Crippen molar-refractivity contribution >= 4 is 29.1 Å². The number of hydrogen-bond acceptors (Lipinski definition) is 6. The van der Waals surface area contributed by atoms with Crippen LogP contribution in [0.5, 0.6) is 0 Å². The second kappa shape index (κ2) is 7.41. The molecule has 4 N–H and O–H groups in total. The number of hydrogen-bond donors (Lipinski definition) is 3. The van der Waals surface area contributed by atoms with Crippen LogP contribution >= 0.6 is 0 Å². The number of aliphatic hydroxyl groups is 1. The lowest BCUT2D eigenvalue weighted by Crippen LogP contribution is -2.61. The van der Waals surface area contributed by atoms with Crippen molar-refractivity contribution in [2.45, 2.75) is 31.9 Å². The Morgan fingerprint density at radius 2 is 2.21 bits per heavy atom. The zero-order chi connectivity index (χ0) is 18.0. The van der Waals surface area contributed by atoms with Crippen molar-refractivity contribution in [2.24, 2.45) is 11.7 Å². The van der Waals surface area contributed by atoms with Crippen molar-refractivity contribution in [3.63, 3.8) is 0 Å². The van der Waals surface area contributed by atoms with Crippen LogP contribution in [0.2, 0.25) is 0 Å². The van der Waals surface area contributed by atoms with Crippen LogP contribution in [0.25, 0.3) is 0 Å². The first kappa shape index (κ1) is 18.6. The smallest absolute Gasteiger partial charge is 0.404 e. The average molecular weight is 360 g/mol. The first-order chi connectivity index (χ1) is 11.2. The molecule has 2 aliphatic heterocycles. The monoisotopic (exact) mass is 360 g/mol. The molecule has 2 heterocycles. The molecule has 24 heavy (non-hydrogen) atoms. The molecule has 1 saturated heterocycles. The molecule has 0 aromatic heterocycles. The fraction of sp³-hybridized carbons (Fsp3) is 0.643. The highest BCUT2D eigenvalue weighted by molar-refractivity contribution is 7.91. The summed E-state index contributed by atoms with van der Waals surface area (Å²) in [5.74, 6) is -2.01. The van der Waals surface area contributed by atoms with Gasteiger partial charge in [0.25, 0.3) is 0 Å². The number of amides is 2. The van der Waals surface area contributed by atoms with Gasteiger partial charge >= 0.3 is 12.1 Å². The third-order valence-corrected chi connectivity index (χ3v) is 5.53. The van der Waals surface area contributed by atoms with Gasteiger partial charge in [-0.25, -0.2) is 9.59 Å². The molecular weight excluding hydrogens is 340 g/mol. The molecule has 4 unspecified atom stereocenters. The highest BCUT2D eigenvalue weighted by atomic mass is 32.2. The number of carboxylic acid groups (broad SMARTS) is 1. The lowest BCUT2D eigenvalue weighted by Gasteiger charge is -2.44.